The quantitative estimate of drug-likeness (QED) is 0.0262. The molecule has 0 N–H and O–H groups in total. The van der Waals surface area contributed by atoms with Gasteiger partial charge >= 0.3 is 17.9 Å². The lowest BCUT2D eigenvalue weighted by atomic mass is 10.1. The number of allylic oxidation sites excluding steroid dienone is 16. The van der Waals surface area contributed by atoms with Crippen molar-refractivity contribution in [3.05, 3.63) is 97.2 Å². The van der Waals surface area contributed by atoms with E-state index in [4.69, 9.17) is 14.2 Å². The van der Waals surface area contributed by atoms with Crippen molar-refractivity contribution in [2.24, 2.45) is 0 Å². The summed E-state index contributed by atoms with van der Waals surface area (Å²) in [7, 11) is 0. The van der Waals surface area contributed by atoms with E-state index in [9.17, 15) is 14.4 Å². The number of carbonyl (C=O) groups is 3. The third-order valence-corrected chi connectivity index (χ3v) is 11.6. The van der Waals surface area contributed by atoms with Crippen LogP contribution in [0.3, 0.4) is 0 Å². The lowest BCUT2D eigenvalue weighted by molar-refractivity contribution is -0.167. The SMILES string of the molecule is CC/C=C\C/C=C\C/C=C\C/C=C\C/C=C\CCCCCC(=O)OCC(COC(=O)CCCCCCCCCCCCC)OC(=O)CCCCCCCCCCC/C=C\C/C=C\C/C=C\CC. The molecule has 0 aliphatic carbocycles. The third kappa shape index (κ3) is 53.2. The lowest BCUT2D eigenvalue weighted by Gasteiger charge is -2.18. The molecule has 0 aromatic heterocycles. The summed E-state index contributed by atoms with van der Waals surface area (Å²) >= 11 is 0. The lowest BCUT2D eigenvalue weighted by Crippen LogP contribution is -2.30. The van der Waals surface area contributed by atoms with Crippen LogP contribution in [0.4, 0.5) is 0 Å². The zero-order valence-corrected chi connectivity index (χ0v) is 43.6. The Labute approximate surface area is 413 Å². The van der Waals surface area contributed by atoms with Gasteiger partial charge < -0.3 is 14.2 Å². The molecule has 382 valence electrons. The Balaban J connectivity index is 4.42. The van der Waals surface area contributed by atoms with E-state index in [-0.39, 0.29) is 31.1 Å². The summed E-state index contributed by atoms with van der Waals surface area (Å²) < 4.78 is 16.8. The normalized spacial score (nSPS) is 12.8. The summed E-state index contributed by atoms with van der Waals surface area (Å²) in [5, 5.41) is 0. The van der Waals surface area contributed by atoms with E-state index in [1.165, 1.54) is 89.9 Å². The van der Waals surface area contributed by atoms with Gasteiger partial charge in [-0.2, -0.15) is 0 Å². The van der Waals surface area contributed by atoms with Gasteiger partial charge in [-0.15, -0.1) is 0 Å². The fourth-order valence-electron chi connectivity index (χ4n) is 7.48. The van der Waals surface area contributed by atoms with Crippen LogP contribution in [0.25, 0.3) is 0 Å². The maximum absolute atomic E-state index is 12.8. The predicted molar refractivity (Wildman–Crippen MR) is 288 cm³/mol. The minimum Gasteiger partial charge on any atom is -0.462 e. The number of carbonyl (C=O) groups excluding carboxylic acids is 3. The molecule has 6 heteroatoms. The molecule has 0 aromatic rings. The van der Waals surface area contributed by atoms with Crippen LogP contribution < -0.4 is 0 Å². The Kier molecular flexibility index (Phi) is 51.9. The van der Waals surface area contributed by atoms with Gasteiger partial charge in [0, 0.05) is 19.3 Å². The second-order valence-corrected chi connectivity index (χ2v) is 18.1. The third-order valence-electron chi connectivity index (χ3n) is 11.6. The van der Waals surface area contributed by atoms with Crippen LogP contribution in [0.1, 0.15) is 252 Å². The molecule has 0 saturated carbocycles. The molecular formula is C61H102O6. The number of unbranched alkanes of at least 4 members (excludes halogenated alkanes) is 22. The predicted octanol–water partition coefficient (Wildman–Crippen LogP) is 18.5. The van der Waals surface area contributed by atoms with Gasteiger partial charge in [0.25, 0.3) is 0 Å². The molecule has 0 fully saturated rings. The molecule has 0 bridgehead atoms. The molecule has 67 heavy (non-hydrogen) atoms. The maximum Gasteiger partial charge on any atom is 0.306 e. The highest BCUT2D eigenvalue weighted by molar-refractivity contribution is 5.71. The molecule has 0 aliphatic heterocycles. The van der Waals surface area contributed by atoms with E-state index in [1.54, 1.807) is 0 Å². The Morgan fingerprint density at radius 3 is 0.925 bits per heavy atom. The van der Waals surface area contributed by atoms with Crippen LogP contribution >= 0.6 is 0 Å². The number of hydrogen-bond acceptors (Lipinski definition) is 6. The van der Waals surface area contributed by atoms with E-state index in [0.29, 0.717) is 19.3 Å². The van der Waals surface area contributed by atoms with Gasteiger partial charge in [0.1, 0.15) is 13.2 Å². The fraction of sp³-hybridized carbons (Fsp3) is 0.689. The molecule has 0 amide bonds. The Hall–Kier alpha value is -3.67. The monoisotopic (exact) mass is 931 g/mol. The van der Waals surface area contributed by atoms with Crippen LogP contribution in [-0.2, 0) is 28.6 Å². The van der Waals surface area contributed by atoms with E-state index >= 15 is 0 Å². The highest BCUT2D eigenvalue weighted by Gasteiger charge is 2.19. The molecule has 0 heterocycles. The molecule has 0 rings (SSSR count). The molecule has 1 unspecified atom stereocenters. The summed E-state index contributed by atoms with van der Waals surface area (Å²) in [6.45, 7) is 6.38. The zero-order chi connectivity index (χ0) is 48.6. The van der Waals surface area contributed by atoms with Crippen molar-refractivity contribution in [1.29, 1.82) is 0 Å². The smallest absolute Gasteiger partial charge is 0.306 e. The van der Waals surface area contributed by atoms with E-state index in [1.807, 2.05) is 0 Å². The van der Waals surface area contributed by atoms with Gasteiger partial charge in [-0.25, -0.2) is 0 Å². The van der Waals surface area contributed by atoms with Gasteiger partial charge in [0.15, 0.2) is 6.10 Å². The first-order valence-electron chi connectivity index (χ1n) is 27.7. The summed E-state index contributed by atoms with van der Waals surface area (Å²) in [5.41, 5.74) is 0. The molecule has 0 radical (unpaired) electrons. The van der Waals surface area contributed by atoms with Crippen LogP contribution in [0, 0.1) is 0 Å². The molecule has 1 atom stereocenters. The summed E-state index contributed by atoms with van der Waals surface area (Å²) in [4.78, 5) is 38.1. The van der Waals surface area contributed by atoms with Gasteiger partial charge in [0.05, 0.1) is 0 Å². The van der Waals surface area contributed by atoms with Crippen molar-refractivity contribution in [3.8, 4) is 0 Å². The average Bonchev–Trinajstić information content (AvgIpc) is 3.33. The number of rotatable bonds is 49. The summed E-state index contributed by atoms with van der Waals surface area (Å²) in [6, 6.07) is 0. The minimum absolute atomic E-state index is 0.0893. The van der Waals surface area contributed by atoms with Crippen LogP contribution in [0.5, 0.6) is 0 Å². The van der Waals surface area contributed by atoms with Gasteiger partial charge in [-0.3, -0.25) is 14.4 Å². The fourth-order valence-corrected chi connectivity index (χ4v) is 7.48. The Morgan fingerprint density at radius 2 is 0.582 bits per heavy atom. The van der Waals surface area contributed by atoms with Crippen LogP contribution in [0.15, 0.2) is 97.2 Å². The maximum atomic E-state index is 12.8. The van der Waals surface area contributed by atoms with E-state index in [0.717, 1.165) is 122 Å². The van der Waals surface area contributed by atoms with Gasteiger partial charge in [0.2, 0.25) is 0 Å². The van der Waals surface area contributed by atoms with Crippen molar-refractivity contribution in [2.45, 2.75) is 258 Å². The first-order valence-corrected chi connectivity index (χ1v) is 27.7. The van der Waals surface area contributed by atoms with Crippen LogP contribution in [0.2, 0.25) is 0 Å². The zero-order valence-electron chi connectivity index (χ0n) is 43.6. The largest absolute Gasteiger partial charge is 0.462 e. The number of hydrogen-bond donors (Lipinski definition) is 0. The molecule has 6 nitrogen and oxygen atoms in total. The minimum atomic E-state index is -0.793. The van der Waals surface area contributed by atoms with Crippen molar-refractivity contribution >= 4 is 17.9 Å². The summed E-state index contributed by atoms with van der Waals surface area (Å²) in [6.07, 6.45) is 72.5. The molecule has 0 spiro atoms. The second-order valence-electron chi connectivity index (χ2n) is 18.1. The topological polar surface area (TPSA) is 78.9 Å². The Bertz CT molecular complexity index is 1350. The van der Waals surface area contributed by atoms with E-state index in [2.05, 4.69) is 118 Å². The number of ether oxygens (including phenoxy) is 3. The highest BCUT2D eigenvalue weighted by Crippen LogP contribution is 2.15. The standard InChI is InChI=1S/C61H102O6/c1-4-7-10-13-16-19-22-24-26-28-30-32-34-36-39-42-45-48-51-54-60(63)66-57-58(56-65-59(62)53-50-47-44-41-38-21-18-15-12-9-6-3)67-61(64)55-52-49-46-43-40-37-35-33-31-29-27-25-23-20-17-14-11-8-5-2/h7-8,10-11,16-17,19-20,24-27,30,32,36,39,58H,4-6,9,12-15,18,21-23,28-29,31,33-35,37-38,40-57H2,1-3H3/b10-7-,11-8-,19-16-,20-17-,26-24-,27-25-,32-30-,39-36-. The molecule has 0 saturated heterocycles. The van der Waals surface area contributed by atoms with Crippen molar-refractivity contribution in [1.82, 2.24) is 0 Å². The summed E-state index contributed by atoms with van der Waals surface area (Å²) in [5.74, 6) is -0.927. The molecule has 0 aliphatic rings. The Morgan fingerprint density at radius 1 is 0.313 bits per heavy atom. The molecule has 0 aromatic carbocycles. The first kappa shape index (κ1) is 63.3. The number of esters is 3. The first-order chi connectivity index (χ1) is 33.0. The molecular weight excluding hydrogens is 829 g/mol. The van der Waals surface area contributed by atoms with Gasteiger partial charge in [-0.05, 0) is 96.3 Å². The van der Waals surface area contributed by atoms with Gasteiger partial charge in [-0.1, -0.05) is 234 Å². The average molecular weight is 931 g/mol. The second kappa shape index (κ2) is 54.9. The highest BCUT2D eigenvalue weighted by atomic mass is 16.6. The van der Waals surface area contributed by atoms with Crippen molar-refractivity contribution in [3.63, 3.8) is 0 Å². The van der Waals surface area contributed by atoms with Crippen LogP contribution in [-0.4, -0.2) is 37.2 Å². The van der Waals surface area contributed by atoms with Crippen molar-refractivity contribution < 1.29 is 28.6 Å². The van der Waals surface area contributed by atoms with Crippen molar-refractivity contribution in [2.75, 3.05) is 13.2 Å². The van der Waals surface area contributed by atoms with E-state index < -0.39 is 6.10 Å².